The lowest BCUT2D eigenvalue weighted by atomic mass is 9.98. The first kappa shape index (κ1) is 17.5. The quantitative estimate of drug-likeness (QED) is 0.499. The van der Waals surface area contributed by atoms with Crippen molar-refractivity contribution in [3.63, 3.8) is 0 Å². The second-order valence-corrected chi connectivity index (χ2v) is 6.30. The van der Waals surface area contributed by atoms with Crippen molar-refractivity contribution in [2.75, 3.05) is 5.73 Å². The molecule has 0 amide bonds. The van der Waals surface area contributed by atoms with Gasteiger partial charge in [0.2, 0.25) is 0 Å². The molecule has 0 atom stereocenters. The van der Waals surface area contributed by atoms with E-state index in [2.05, 4.69) is 9.97 Å². The minimum atomic E-state index is 0.230. The number of nitrogens with two attached hydrogens (primary N) is 1. The number of para-hydroxylation sites is 2. The number of hydrogen-bond donors (Lipinski definition) is 2. The van der Waals surface area contributed by atoms with Crippen LogP contribution in [0.4, 0.5) is 5.69 Å². The number of phenols is 1. The van der Waals surface area contributed by atoms with Gasteiger partial charge < -0.3 is 15.6 Å². The number of hydrogen-bond acceptors (Lipinski definition) is 5. The van der Waals surface area contributed by atoms with E-state index in [4.69, 9.17) is 10.5 Å². The molecule has 1 aromatic heterocycles. The van der Waals surface area contributed by atoms with Crippen molar-refractivity contribution in [2.24, 2.45) is 0 Å². The van der Waals surface area contributed by atoms with Crippen LogP contribution in [-0.4, -0.2) is 15.1 Å². The van der Waals surface area contributed by atoms with E-state index in [1.54, 1.807) is 18.3 Å². The Hall–Kier alpha value is -3.86. The Morgan fingerprint density at radius 1 is 0.857 bits per heavy atom. The van der Waals surface area contributed by atoms with Crippen molar-refractivity contribution in [1.29, 1.82) is 0 Å². The molecular formula is C23H19N3O2. The molecule has 0 aliphatic heterocycles. The first-order valence-corrected chi connectivity index (χ1v) is 8.87. The van der Waals surface area contributed by atoms with Crippen LogP contribution in [0, 0.1) is 0 Å². The Kier molecular flexibility index (Phi) is 4.89. The lowest BCUT2D eigenvalue weighted by Gasteiger charge is -2.12. The fourth-order valence-electron chi connectivity index (χ4n) is 3.01. The molecule has 3 aromatic carbocycles. The van der Waals surface area contributed by atoms with Gasteiger partial charge in [0.1, 0.15) is 24.4 Å². The molecule has 0 fully saturated rings. The zero-order valence-corrected chi connectivity index (χ0v) is 15.1. The van der Waals surface area contributed by atoms with Crippen LogP contribution in [0.15, 0.2) is 85.3 Å². The standard InChI is InChI=1S/C23H19N3O2/c24-23-19(5-3-6-20(23)21-12-13-25-15-26-21)16-8-10-18(11-9-16)28-14-17-4-1-2-7-22(17)27/h1-13,15,27H,14,24H2. The van der Waals surface area contributed by atoms with Gasteiger partial charge in [-0.3, -0.25) is 0 Å². The molecule has 1 heterocycles. The summed E-state index contributed by atoms with van der Waals surface area (Å²) in [4.78, 5) is 8.24. The first-order chi connectivity index (χ1) is 13.7. The minimum absolute atomic E-state index is 0.230. The minimum Gasteiger partial charge on any atom is -0.508 e. The van der Waals surface area contributed by atoms with Crippen LogP contribution in [-0.2, 0) is 6.61 Å². The Bertz CT molecular complexity index is 1080. The fraction of sp³-hybridized carbons (Fsp3) is 0.0435. The zero-order chi connectivity index (χ0) is 19.3. The first-order valence-electron chi connectivity index (χ1n) is 8.87. The number of nitrogen functional groups attached to an aromatic ring is 1. The average molecular weight is 369 g/mol. The van der Waals surface area contributed by atoms with Crippen LogP contribution in [0.3, 0.4) is 0 Å². The van der Waals surface area contributed by atoms with Crippen molar-refractivity contribution < 1.29 is 9.84 Å². The van der Waals surface area contributed by atoms with E-state index in [0.717, 1.165) is 33.7 Å². The summed E-state index contributed by atoms with van der Waals surface area (Å²) >= 11 is 0. The third-order valence-electron chi connectivity index (χ3n) is 4.52. The molecule has 5 nitrogen and oxygen atoms in total. The van der Waals surface area contributed by atoms with E-state index in [0.29, 0.717) is 12.3 Å². The Labute approximate surface area is 163 Å². The molecule has 28 heavy (non-hydrogen) atoms. The normalized spacial score (nSPS) is 10.6. The number of aromatic nitrogens is 2. The number of aromatic hydroxyl groups is 1. The van der Waals surface area contributed by atoms with Crippen LogP contribution in [0.5, 0.6) is 11.5 Å². The highest BCUT2D eigenvalue weighted by Crippen LogP contribution is 2.34. The topological polar surface area (TPSA) is 81.3 Å². The second kappa shape index (κ2) is 7.80. The SMILES string of the molecule is Nc1c(-c2ccc(OCc3ccccc3O)cc2)cccc1-c1ccncn1. The molecule has 5 heteroatoms. The van der Waals surface area contributed by atoms with E-state index in [-0.39, 0.29) is 5.75 Å². The summed E-state index contributed by atoms with van der Waals surface area (Å²) in [5, 5.41) is 9.83. The van der Waals surface area contributed by atoms with Gasteiger partial charge in [-0.1, -0.05) is 48.5 Å². The maximum absolute atomic E-state index is 9.83. The molecule has 0 spiro atoms. The van der Waals surface area contributed by atoms with Crippen molar-refractivity contribution in [3.8, 4) is 33.9 Å². The van der Waals surface area contributed by atoms with Crippen molar-refractivity contribution in [3.05, 3.63) is 90.9 Å². The molecule has 0 unspecified atom stereocenters. The molecule has 3 N–H and O–H groups in total. The van der Waals surface area contributed by atoms with Crippen molar-refractivity contribution >= 4 is 5.69 Å². The lowest BCUT2D eigenvalue weighted by molar-refractivity contribution is 0.299. The average Bonchev–Trinajstić information content (AvgIpc) is 2.74. The zero-order valence-electron chi connectivity index (χ0n) is 15.1. The number of nitrogens with zero attached hydrogens (tertiary/aromatic N) is 2. The summed E-state index contributed by atoms with van der Waals surface area (Å²) in [6, 6.07) is 22.6. The summed E-state index contributed by atoms with van der Waals surface area (Å²) in [6.45, 7) is 0.303. The Balaban J connectivity index is 1.55. The lowest BCUT2D eigenvalue weighted by Crippen LogP contribution is -1.97. The van der Waals surface area contributed by atoms with Crippen LogP contribution >= 0.6 is 0 Å². The predicted molar refractivity (Wildman–Crippen MR) is 110 cm³/mol. The molecule has 0 aliphatic carbocycles. The van der Waals surface area contributed by atoms with E-state index < -0.39 is 0 Å². The number of phenolic OH excluding ortho intramolecular Hbond substituents is 1. The Morgan fingerprint density at radius 3 is 2.39 bits per heavy atom. The van der Waals surface area contributed by atoms with Crippen molar-refractivity contribution in [1.82, 2.24) is 9.97 Å². The fourth-order valence-corrected chi connectivity index (χ4v) is 3.01. The van der Waals surface area contributed by atoms with E-state index >= 15 is 0 Å². The van der Waals surface area contributed by atoms with Crippen LogP contribution in [0.25, 0.3) is 22.4 Å². The van der Waals surface area contributed by atoms with Crippen LogP contribution < -0.4 is 10.5 Å². The van der Waals surface area contributed by atoms with E-state index in [1.807, 2.05) is 60.7 Å². The summed E-state index contributed by atoms with van der Waals surface area (Å²) in [6.07, 6.45) is 3.21. The van der Waals surface area contributed by atoms with E-state index in [9.17, 15) is 5.11 Å². The molecule has 0 saturated carbocycles. The third-order valence-corrected chi connectivity index (χ3v) is 4.52. The predicted octanol–water partition coefficient (Wildman–Crippen LogP) is 4.68. The molecule has 138 valence electrons. The van der Waals surface area contributed by atoms with Gasteiger partial charge in [-0.25, -0.2) is 9.97 Å². The van der Waals surface area contributed by atoms with Gasteiger partial charge >= 0.3 is 0 Å². The Morgan fingerprint density at radius 2 is 1.64 bits per heavy atom. The number of rotatable bonds is 5. The van der Waals surface area contributed by atoms with Crippen LogP contribution in [0.2, 0.25) is 0 Å². The monoisotopic (exact) mass is 369 g/mol. The van der Waals surface area contributed by atoms with Gasteiger partial charge in [0.05, 0.1) is 5.69 Å². The van der Waals surface area contributed by atoms with Gasteiger partial charge in [0, 0.05) is 28.6 Å². The summed E-state index contributed by atoms with van der Waals surface area (Å²) in [5.41, 5.74) is 11.4. The van der Waals surface area contributed by atoms with E-state index in [1.165, 1.54) is 6.33 Å². The third kappa shape index (κ3) is 3.64. The van der Waals surface area contributed by atoms with Gasteiger partial charge in [0.25, 0.3) is 0 Å². The molecule has 0 bridgehead atoms. The molecule has 0 radical (unpaired) electrons. The van der Waals surface area contributed by atoms with Gasteiger partial charge in [-0.2, -0.15) is 0 Å². The summed E-state index contributed by atoms with van der Waals surface area (Å²) < 4.78 is 5.78. The molecule has 0 aliphatic rings. The smallest absolute Gasteiger partial charge is 0.122 e. The number of benzene rings is 3. The molecular weight excluding hydrogens is 350 g/mol. The van der Waals surface area contributed by atoms with Crippen molar-refractivity contribution in [2.45, 2.75) is 6.61 Å². The van der Waals surface area contributed by atoms with Gasteiger partial charge in [-0.05, 0) is 29.8 Å². The van der Waals surface area contributed by atoms with Gasteiger partial charge in [0.15, 0.2) is 0 Å². The van der Waals surface area contributed by atoms with Crippen LogP contribution in [0.1, 0.15) is 5.56 Å². The maximum Gasteiger partial charge on any atom is 0.122 e. The number of ether oxygens (including phenoxy) is 1. The molecule has 4 aromatic rings. The number of anilines is 1. The van der Waals surface area contributed by atoms with Gasteiger partial charge in [-0.15, -0.1) is 0 Å². The summed E-state index contributed by atoms with van der Waals surface area (Å²) in [7, 11) is 0. The molecule has 0 saturated heterocycles. The highest BCUT2D eigenvalue weighted by molar-refractivity contribution is 5.87. The highest BCUT2D eigenvalue weighted by Gasteiger charge is 2.10. The largest absolute Gasteiger partial charge is 0.508 e. The second-order valence-electron chi connectivity index (χ2n) is 6.30. The molecule has 4 rings (SSSR count). The summed E-state index contributed by atoms with van der Waals surface area (Å²) in [5.74, 6) is 0.950. The maximum atomic E-state index is 9.83. The highest BCUT2D eigenvalue weighted by atomic mass is 16.5.